The van der Waals surface area contributed by atoms with E-state index in [0.717, 1.165) is 34.2 Å². The van der Waals surface area contributed by atoms with Crippen LogP contribution < -0.4 is 0 Å². The highest BCUT2D eigenvalue weighted by Gasteiger charge is 2.23. The molecule has 0 aromatic carbocycles. The summed E-state index contributed by atoms with van der Waals surface area (Å²) in [6, 6.07) is 2.00. The predicted molar refractivity (Wildman–Crippen MR) is 90.3 cm³/mol. The molecule has 0 atom stereocenters. The van der Waals surface area contributed by atoms with Gasteiger partial charge in [-0.05, 0) is 47.8 Å². The zero-order chi connectivity index (χ0) is 16.3. The number of nitrogens with zero attached hydrogens (tertiary/aromatic N) is 3. The molecular weight excluding hydrogens is 346 g/mol. The Morgan fingerprint density at radius 2 is 2.18 bits per heavy atom. The number of likely N-dealkylation sites (N-methyl/N-ethyl adjacent to an activating group) is 1. The Kier molecular flexibility index (Phi) is 5.58. The first kappa shape index (κ1) is 17.0. The van der Waals surface area contributed by atoms with Crippen molar-refractivity contribution in [2.24, 2.45) is 0 Å². The van der Waals surface area contributed by atoms with Crippen LogP contribution in [0.4, 0.5) is 0 Å². The van der Waals surface area contributed by atoms with Gasteiger partial charge in [0.15, 0.2) is 5.65 Å². The summed E-state index contributed by atoms with van der Waals surface area (Å²) in [7, 11) is 0. The minimum Gasteiger partial charge on any atom is -0.395 e. The third kappa shape index (κ3) is 3.17. The second-order valence-corrected chi connectivity index (χ2v) is 6.18. The molecular formula is C16H22BrN3O2. The fraction of sp³-hybridized carbons (Fsp3) is 0.500. The Labute approximate surface area is 139 Å². The summed E-state index contributed by atoms with van der Waals surface area (Å²) < 4.78 is 2.75. The summed E-state index contributed by atoms with van der Waals surface area (Å²) in [6.07, 6.45) is 3.62. The molecule has 2 aromatic rings. The van der Waals surface area contributed by atoms with Crippen LogP contribution in [0, 0.1) is 6.92 Å². The number of carbonyl (C=O) groups excluding carboxylic acids is 1. The quantitative estimate of drug-likeness (QED) is 0.853. The Morgan fingerprint density at radius 1 is 1.45 bits per heavy atom. The van der Waals surface area contributed by atoms with Gasteiger partial charge in [0.25, 0.3) is 5.91 Å². The van der Waals surface area contributed by atoms with Crippen molar-refractivity contribution >= 4 is 27.5 Å². The number of amides is 1. The van der Waals surface area contributed by atoms with E-state index in [4.69, 9.17) is 5.11 Å². The van der Waals surface area contributed by atoms with Crippen molar-refractivity contribution in [3.63, 3.8) is 0 Å². The first-order chi connectivity index (χ1) is 10.5. The average molecular weight is 368 g/mol. The largest absolute Gasteiger partial charge is 0.395 e. The molecule has 0 unspecified atom stereocenters. The molecule has 1 N–H and O–H groups in total. The summed E-state index contributed by atoms with van der Waals surface area (Å²) in [5.74, 6) is -0.0787. The van der Waals surface area contributed by atoms with Crippen LogP contribution in [0.3, 0.4) is 0 Å². The van der Waals surface area contributed by atoms with E-state index in [9.17, 15) is 4.79 Å². The summed E-state index contributed by atoms with van der Waals surface area (Å²) in [5, 5.41) is 9.16. The van der Waals surface area contributed by atoms with E-state index in [1.54, 1.807) is 4.90 Å². The zero-order valence-electron chi connectivity index (χ0n) is 13.3. The SMILES string of the molecule is CCCc1nc2c(Br)cc(C)cn2c1C(=O)N(CC)CCO. The van der Waals surface area contributed by atoms with Gasteiger partial charge in [0.2, 0.25) is 0 Å². The van der Waals surface area contributed by atoms with Crippen LogP contribution in [0.15, 0.2) is 16.7 Å². The van der Waals surface area contributed by atoms with E-state index < -0.39 is 0 Å². The number of aromatic nitrogens is 2. The number of hydrogen-bond acceptors (Lipinski definition) is 3. The van der Waals surface area contributed by atoms with Gasteiger partial charge >= 0.3 is 0 Å². The second-order valence-electron chi connectivity index (χ2n) is 5.32. The van der Waals surface area contributed by atoms with Crippen LogP contribution in [0.1, 0.15) is 42.0 Å². The van der Waals surface area contributed by atoms with E-state index in [-0.39, 0.29) is 12.5 Å². The lowest BCUT2D eigenvalue weighted by atomic mass is 10.2. The highest BCUT2D eigenvalue weighted by Crippen LogP contribution is 2.24. The first-order valence-electron chi connectivity index (χ1n) is 7.60. The molecule has 0 saturated heterocycles. The normalized spacial score (nSPS) is 11.1. The Hall–Kier alpha value is -1.40. The molecule has 0 spiro atoms. The summed E-state index contributed by atoms with van der Waals surface area (Å²) in [4.78, 5) is 19.2. The zero-order valence-corrected chi connectivity index (χ0v) is 14.9. The molecule has 0 aliphatic heterocycles. The van der Waals surface area contributed by atoms with Gasteiger partial charge in [0.05, 0.1) is 16.8 Å². The summed E-state index contributed by atoms with van der Waals surface area (Å²) in [6.45, 7) is 6.83. The van der Waals surface area contributed by atoms with Crippen LogP contribution in [-0.4, -0.2) is 45.0 Å². The van der Waals surface area contributed by atoms with E-state index in [2.05, 4.69) is 27.8 Å². The highest BCUT2D eigenvalue weighted by atomic mass is 79.9. The molecule has 2 aromatic heterocycles. The number of halogens is 1. The standard InChI is InChI=1S/C16H22BrN3O2/c1-4-6-13-14(16(22)19(5-2)7-8-21)20-10-11(3)9-12(17)15(20)18-13/h9-10,21H,4-8H2,1-3H3. The molecule has 22 heavy (non-hydrogen) atoms. The van der Waals surface area contributed by atoms with Gasteiger partial charge in [0, 0.05) is 19.3 Å². The van der Waals surface area contributed by atoms with Crippen molar-refractivity contribution in [1.82, 2.24) is 14.3 Å². The monoisotopic (exact) mass is 367 g/mol. The van der Waals surface area contributed by atoms with E-state index in [0.29, 0.717) is 18.8 Å². The number of aliphatic hydroxyl groups excluding tert-OH is 1. The Balaban J connectivity index is 2.63. The van der Waals surface area contributed by atoms with Crippen LogP contribution in [0.5, 0.6) is 0 Å². The number of hydrogen-bond donors (Lipinski definition) is 1. The fourth-order valence-electron chi connectivity index (χ4n) is 2.59. The molecule has 0 aliphatic carbocycles. The van der Waals surface area contributed by atoms with E-state index in [1.807, 2.05) is 30.5 Å². The van der Waals surface area contributed by atoms with Gasteiger partial charge in [-0.15, -0.1) is 0 Å². The van der Waals surface area contributed by atoms with E-state index in [1.165, 1.54) is 0 Å². The molecule has 120 valence electrons. The first-order valence-corrected chi connectivity index (χ1v) is 8.39. The van der Waals surface area contributed by atoms with Crippen LogP contribution in [0.2, 0.25) is 0 Å². The number of pyridine rings is 1. The smallest absolute Gasteiger partial charge is 0.272 e. The van der Waals surface area contributed by atoms with Gasteiger partial charge in [-0.1, -0.05) is 13.3 Å². The average Bonchev–Trinajstić information content (AvgIpc) is 2.83. The molecule has 0 fully saturated rings. The van der Waals surface area contributed by atoms with Gasteiger partial charge in [0.1, 0.15) is 5.69 Å². The lowest BCUT2D eigenvalue weighted by Crippen LogP contribution is -2.34. The summed E-state index contributed by atoms with van der Waals surface area (Å²) in [5.41, 5.74) is 3.24. The second kappa shape index (κ2) is 7.24. The molecule has 0 saturated carbocycles. The molecule has 1 amide bonds. The lowest BCUT2D eigenvalue weighted by Gasteiger charge is -2.20. The van der Waals surface area contributed by atoms with Crippen molar-refractivity contribution in [3.8, 4) is 0 Å². The van der Waals surface area contributed by atoms with Crippen molar-refractivity contribution in [2.75, 3.05) is 19.7 Å². The number of aryl methyl sites for hydroxylation is 2. The maximum absolute atomic E-state index is 12.9. The van der Waals surface area contributed by atoms with Crippen LogP contribution >= 0.6 is 15.9 Å². The van der Waals surface area contributed by atoms with Crippen molar-refractivity contribution in [1.29, 1.82) is 0 Å². The van der Waals surface area contributed by atoms with Crippen molar-refractivity contribution < 1.29 is 9.90 Å². The van der Waals surface area contributed by atoms with Gasteiger partial charge < -0.3 is 10.0 Å². The van der Waals surface area contributed by atoms with E-state index >= 15 is 0 Å². The Bertz CT molecular complexity index is 682. The van der Waals surface area contributed by atoms with Crippen LogP contribution in [0.25, 0.3) is 5.65 Å². The summed E-state index contributed by atoms with van der Waals surface area (Å²) >= 11 is 3.53. The third-order valence-corrected chi connectivity index (χ3v) is 4.20. The maximum atomic E-state index is 12.9. The maximum Gasteiger partial charge on any atom is 0.272 e. The molecule has 2 rings (SSSR count). The number of rotatable bonds is 6. The lowest BCUT2D eigenvalue weighted by molar-refractivity contribution is 0.0724. The number of imidazole rings is 1. The highest BCUT2D eigenvalue weighted by molar-refractivity contribution is 9.10. The molecule has 0 bridgehead atoms. The molecule has 5 nitrogen and oxygen atoms in total. The topological polar surface area (TPSA) is 57.8 Å². The van der Waals surface area contributed by atoms with Crippen molar-refractivity contribution in [3.05, 3.63) is 33.7 Å². The Morgan fingerprint density at radius 3 is 2.77 bits per heavy atom. The number of aliphatic hydroxyl groups is 1. The van der Waals surface area contributed by atoms with Gasteiger partial charge in [-0.2, -0.15) is 0 Å². The van der Waals surface area contributed by atoms with Gasteiger partial charge in [-0.25, -0.2) is 4.98 Å². The number of fused-ring (bicyclic) bond motifs is 1. The molecule has 0 aliphatic rings. The molecule has 2 heterocycles. The third-order valence-electron chi connectivity index (χ3n) is 3.61. The number of carbonyl (C=O) groups is 1. The minimum atomic E-state index is -0.0787. The molecule has 0 radical (unpaired) electrons. The van der Waals surface area contributed by atoms with Gasteiger partial charge in [-0.3, -0.25) is 9.20 Å². The van der Waals surface area contributed by atoms with Crippen LogP contribution in [-0.2, 0) is 6.42 Å². The predicted octanol–water partition coefficient (Wildman–Crippen LogP) is 2.81. The minimum absolute atomic E-state index is 0.0395. The fourth-order valence-corrected chi connectivity index (χ4v) is 3.23. The molecule has 6 heteroatoms. The van der Waals surface area contributed by atoms with Crippen molar-refractivity contribution in [2.45, 2.75) is 33.6 Å².